The van der Waals surface area contributed by atoms with E-state index in [0.717, 1.165) is 0 Å². The topological polar surface area (TPSA) is 29.1 Å². The number of amides is 1. The van der Waals surface area contributed by atoms with Crippen LogP contribution in [0.15, 0.2) is 0 Å². The van der Waals surface area contributed by atoms with Gasteiger partial charge in [-0.05, 0) is 10.8 Å². The Morgan fingerprint density at radius 1 is 1.00 bits per heavy atom. The Bertz CT molecular complexity index is 257. The second-order valence-corrected chi connectivity index (χ2v) is 6.52. The fourth-order valence-corrected chi connectivity index (χ4v) is 2.13. The zero-order valence-corrected chi connectivity index (χ0v) is 11.3. The number of alkyl halides is 3. The van der Waals surface area contributed by atoms with Crippen LogP contribution in [0.5, 0.6) is 0 Å². The van der Waals surface area contributed by atoms with Gasteiger partial charge in [-0.1, -0.05) is 41.5 Å². The number of carbonyl (C=O) groups is 1. The van der Waals surface area contributed by atoms with Gasteiger partial charge in [0.25, 0.3) is 0 Å². The van der Waals surface area contributed by atoms with E-state index < -0.39 is 18.5 Å². The summed E-state index contributed by atoms with van der Waals surface area (Å²) < 4.78 is 36.3. The van der Waals surface area contributed by atoms with E-state index in [-0.39, 0.29) is 16.9 Å². The lowest BCUT2D eigenvalue weighted by Gasteiger charge is -2.41. The van der Waals surface area contributed by atoms with Crippen molar-refractivity contribution in [2.24, 2.45) is 10.8 Å². The van der Waals surface area contributed by atoms with E-state index in [0.29, 0.717) is 0 Å². The first-order valence-electron chi connectivity index (χ1n) is 5.59. The Morgan fingerprint density at radius 2 is 1.35 bits per heavy atom. The first-order chi connectivity index (χ1) is 7.23. The zero-order valence-electron chi connectivity index (χ0n) is 11.3. The molecule has 17 heavy (non-hydrogen) atoms. The van der Waals surface area contributed by atoms with Gasteiger partial charge in [-0.3, -0.25) is 4.79 Å². The Kier molecular flexibility index (Phi) is 4.65. The summed E-state index contributed by atoms with van der Waals surface area (Å²) in [5.74, 6) is -0.965. The van der Waals surface area contributed by atoms with Crippen LogP contribution in [0.25, 0.3) is 0 Å². The van der Waals surface area contributed by atoms with E-state index in [9.17, 15) is 18.0 Å². The molecule has 2 nitrogen and oxygen atoms in total. The Hall–Kier alpha value is -0.740. The molecular formula is C12H22F3NO. The highest BCUT2D eigenvalue weighted by Crippen LogP contribution is 2.33. The highest BCUT2D eigenvalue weighted by molar-refractivity contribution is 5.77. The molecule has 0 aromatic heterocycles. The Labute approximate surface area is 101 Å². The molecule has 0 bridgehead atoms. The van der Waals surface area contributed by atoms with Crippen LogP contribution in [0.4, 0.5) is 13.2 Å². The molecule has 0 saturated carbocycles. The summed E-state index contributed by atoms with van der Waals surface area (Å²) >= 11 is 0. The van der Waals surface area contributed by atoms with Gasteiger partial charge in [0, 0.05) is 6.04 Å². The molecule has 0 saturated heterocycles. The van der Waals surface area contributed by atoms with Crippen LogP contribution >= 0.6 is 0 Å². The normalized spacial score (nSPS) is 14.0. The smallest absolute Gasteiger partial charge is 0.352 e. The molecule has 0 radical (unpaired) electrons. The fourth-order valence-electron chi connectivity index (χ4n) is 2.13. The molecule has 0 unspecified atom stereocenters. The average Bonchev–Trinajstić information content (AvgIpc) is 1.91. The lowest BCUT2D eigenvalue weighted by Crippen LogP contribution is -2.52. The first kappa shape index (κ1) is 16.3. The van der Waals surface area contributed by atoms with E-state index in [1.165, 1.54) is 0 Å². The number of carbonyl (C=O) groups excluding carboxylic acids is 1. The van der Waals surface area contributed by atoms with E-state index >= 15 is 0 Å². The molecule has 0 fully saturated rings. The summed E-state index contributed by atoms with van der Waals surface area (Å²) in [5, 5.41) is 2.49. The van der Waals surface area contributed by atoms with Crippen molar-refractivity contribution in [3.63, 3.8) is 0 Å². The van der Waals surface area contributed by atoms with Crippen LogP contribution in [-0.2, 0) is 4.79 Å². The van der Waals surface area contributed by atoms with Gasteiger partial charge in [0.2, 0.25) is 5.91 Å². The molecule has 0 heterocycles. The molecule has 0 aromatic carbocycles. The molecule has 0 aromatic rings. The largest absolute Gasteiger partial charge is 0.397 e. The van der Waals surface area contributed by atoms with Crippen molar-refractivity contribution in [3.8, 4) is 0 Å². The first-order valence-corrected chi connectivity index (χ1v) is 5.59. The molecule has 0 aliphatic heterocycles. The minimum Gasteiger partial charge on any atom is -0.352 e. The number of nitrogens with one attached hydrogen (secondary N) is 1. The SMILES string of the molecule is CC(C)(C)C(NC(=O)CC(F)(F)F)C(C)(C)C. The van der Waals surface area contributed by atoms with E-state index in [1.807, 2.05) is 41.5 Å². The molecule has 0 atom stereocenters. The molecule has 1 amide bonds. The lowest BCUT2D eigenvalue weighted by molar-refractivity contribution is -0.155. The van der Waals surface area contributed by atoms with Gasteiger partial charge >= 0.3 is 6.18 Å². The Morgan fingerprint density at radius 3 is 1.59 bits per heavy atom. The van der Waals surface area contributed by atoms with Crippen LogP contribution < -0.4 is 5.32 Å². The van der Waals surface area contributed by atoms with Crippen molar-refractivity contribution >= 4 is 5.91 Å². The van der Waals surface area contributed by atoms with Crippen LogP contribution in [-0.4, -0.2) is 18.1 Å². The number of hydrogen-bond acceptors (Lipinski definition) is 1. The van der Waals surface area contributed by atoms with Crippen molar-refractivity contribution in [3.05, 3.63) is 0 Å². The van der Waals surface area contributed by atoms with Crippen LogP contribution in [0, 0.1) is 10.8 Å². The maximum Gasteiger partial charge on any atom is 0.397 e. The third kappa shape index (κ3) is 6.54. The average molecular weight is 253 g/mol. The van der Waals surface area contributed by atoms with E-state index in [1.54, 1.807) is 0 Å². The van der Waals surface area contributed by atoms with Crippen molar-refractivity contribution in [2.75, 3.05) is 0 Å². The monoisotopic (exact) mass is 253 g/mol. The van der Waals surface area contributed by atoms with Crippen LogP contribution in [0.1, 0.15) is 48.0 Å². The van der Waals surface area contributed by atoms with Gasteiger partial charge in [0.1, 0.15) is 6.42 Å². The number of halogens is 3. The summed E-state index contributed by atoms with van der Waals surface area (Å²) in [7, 11) is 0. The van der Waals surface area contributed by atoms with Gasteiger partial charge in [-0.25, -0.2) is 0 Å². The van der Waals surface area contributed by atoms with Crippen molar-refractivity contribution in [1.29, 1.82) is 0 Å². The third-order valence-electron chi connectivity index (χ3n) is 2.40. The molecule has 1 N–H and O–H groups in total. The zero-order chi connectivity index (χ0) is 14.1. The van der Waals surface area contributed by atoms with E-state index in [4.69, 9.17) is 0 Å². The maximum atomic E-state index is 12.1. The van der Waals surface area contributed by atoms with Gasteiger partial charge in [0.15, 0.2) is 0 Å². The number of hydrogen-bond donors (Lipinski definition) is 1. The van der Waals surface area contributed by atoms with Gasteiger partial charge < -0.3 is 5.32 Å². The van der Waals surface area contributed by atoms with Crippen molar-refractivity contribution < 1.29 is 18.0 Å². The second-order valence-electron chi connectivity index (χ2n) is 6.52. The molecular weight excluding hydrogens is 231 g/mol. The third-order valence-corrected chi connectivity index (χ3v) is 2.40. The molecule has 5 heteroatoms. The standard InChI is InChI=1S/C12H22F3NO/c1-10(2,3)9(11(4,5)6)16-8(17)7-12(13,14)15/h9H,7H2,1-6H3,(H,16,17). The summed E-state index contributed by atoms with van der Waals surface area (Å²) in [6.07, 6.45) is -5.87. The minimum atomic E-state index is -4.45. The fraction of sp³-hybridized carbons (Fsp3) is 0.917. The number of rotatable bonds is 2. The summed E-state index contributed by atoms with van der Waals surface area (Å²) in [6, 6.07) is -0.315. The van der Waals surface area contributed by atoms with Crippen molar-refractivity contribution in [1.82, 2.24) is 5.32 Å². The van der Waals surface area contributed by atoms with Crippen molar-refractivity contribution in [2.45, 2.75) is 60.2 Å². The van der Waals surface area contributed by atoms with Crippen LogP contribution in [0.2, 0.25) is 0 Å². The minimum absolute atomic E-state index is 0.292. The molecule has 0 aliphatic carbocycles. The molecule has 0 rings (SSSR count). The summed E-state index contributed by atoms with van der Waals surface area (Å²) in [4.78, 5) is 11.3. The maximum absolute atomic E-state index is 12.1. The summed E-state index contributed by atoms with van der Waals surface area (Å²) in [6.45, 7) is 11.4. The van der Waals surface area contributed by atoms with Gasteiger partial charge in [0.05, 0.1) is 0 Å². The predicted octanol–water partition coefficient (Wildman–Crippen LogP) is 3.52. The molecule has 0 aliphatic rings. The molecule has 0 spiro atoms. The highest BCUT2D eigenvalue weighted by Gasteiger charge is 2.38. The summed E-state index contributed by atoms with van der Waals surface area (Å²) in [5.41, 5.74) is -0.584. The van der Waals surface area contributed by atoms with Gasteiger partial charge in [-0.2, -0.15) is 13.2 Å². The van der Waals surface area contributed by atoms with Crippen LogP contribution in [0.3, 0.4) is 0 Å². The highest BCUT2D eigenvalue weighted by atomic mass is 19.4. The van der Waals surface area contributed by atoms with Gasteiger partial charge in [-0.15, -0.1) is 0 Å². The quantitative estimate of drug-likeness (QED) is 0.801. The second kappa shape index (κ2) is 4.86. The Balaban J connectivity index is 4.75. The molecule has 102 valence electrons. The van der Waals surface area contributed by atoms with E-state index in [2.05, 4.69) is 5.32 Å². The predicted molar refractivity (Wildman–Crippen MR) is 61.5 cm³/mol. The lowest BCUT2D eigenvalue weighted by atomic mass is 9.72.